The Morgan fingerprint density at radius 3 is 3.14 bits per heavy atom. The lowest BCUT2D eigenvalue weighted by molar-refractivity contribution is -0.137. The zero-order valence-corrected chi connectivity index (χ0v) is 7.72. The highest BCUT2D eigenvalue weighted by molar-refractivity contribution is 5.92. The van der Waals surface area contributed by atoms with E-state index >= 15 is 0 Å². The van der Waals surface area contributed by atoms with E-state index in [2.05, 4.69) is 0 Å². The summed E-state index contributed by atoms with van der Waals surface area (Å²) in [5, 5.41) is 9.77. The lowest BCUT2D eigenvalue weighted by Gasteiger charge is -2.34. The first-order valence-electron chi connectivity index (χ1n) is 5.05. The van der Waals surface area contributed by atoms with Crippen LogP contribution < -0.4 is 0 Å². The van der Waals surface area contributed by atoms with E-state index in [-0.39, 0.29) is 23.9 Å². The molecule has 14 heavy (non-hydrogen) atoms. The van der Waals surface area contributed by atoms with Gasteiger partial charge in [-0.1, -0.05) is 12.2 Å². The molecule has 1 fully saturated rings. The van der Waals surface area contributed by atoms with E-state index in [1.807, 2.05) is 12.2 Å². The number of ether oxygens (including phenoxy) is 1. The number of hydrogen-bond acceptors (Lipinski definition) is 3. The first kappa shape index (κ1) is 8.24. The summed E-state index contributed by atoms with van der Waals surface area (Å²) in [5.41, 5.74) is 0.787. The Morgan fingerprint density at radius 2 is 2.29 bits per heavy atom. The van der Waals surface area contributed by atoms with Crippen LogP contribution in [0, 0.1) is 11.8 Å². The van der Waals surface area contributed by atoms with Crippen molar-refractivity contribution in [3.05, 3.63) is 23.8 Å². The second-order valence-corrected chi connectivity index (χ2v) is 4.17. The Bertz CT molecular complexity index is 342. The van der Waals surface area contributed by atoms with Crippen molar-refractivity contribution in [1.29, 1.82) is 0 Å². The average Bonchev–Trinajstić information content (AvgIpc) is 2.52. The lowest BCUT2D eigenvalue weighted by atomic mass is 9.71. The number of rotatable bonds is 0. The van der Waals surface area contributed by atoms with E-state index in [1.54, 1.807) is 6.08 Å². The predicted molar refractivity (Wildman–Crippen MR) is 49.3 cm³/mol. The zero-order chi connectivity index (χ0) is 9.71. The third kappa shape index (κ3) is 0.932. The van der Waals surface area contributed by atoms with Gasteiger partial charge < -0.3 is 9.84 Å². The summed E-state index contributed by atoms with van der Waals surface area (Å²) < 4.78 is 5.22. The Labute approximate surface area is 82.1 Å². The van der Waals surface area contributed by atoms with Crippen LogP contribution in [0.2, 0.25) is 0 Å². The van der Waals surface area contributed by atoms with Gasteiger partial charge in [-0.2, -0.15) is 0 Å². The fraction of sp³-hybridized carbons (Fsp3) is 0.545. The summed E-state index contributed by atoms with van der Waals surface area (Å²) in [6.45, 7) is 0. The quantitative estimate of drug-likeness (QED) is 0.456. The van der Waals surface area contributed by atoms with Crippen molar-refractivity contribution in [2.45, 2.75) is 25.0 Å². The molecule has 3 nitrogen and oxygen atoms in total. The minimum Gasteiger partial charge on any atom is -0.454 e. The second-order valence-electron chi connectivity index (χ2n) is 4.17. The third-order valence-electron chi connectivity index (χ3n) is 3.45. The van der Waals surface area contributed by atoms with E-state index in [9.17, 15) is 9.90 Å². The van der Waals surface area contributed by atoms with E-state index in [0.717, 1.165) is 18.4 Å². The molecule has 3 rings (SSSR count). The van der Waals surface area contributed by atoms with Crippen LogP contribution in [0.1, 0.15) is 12.8 Å². The van der Waals surface area contributed by atoms with Crippen LogP contribution in [0.4, 0.5) is 0 Å². The number of carbonyl (C=O) groups excluding carboxylic acids is 1. The van der Waals surface area contributed by atoms with Crippen molar-refractivity contribution in [1.82, 2.24) is 0 Å². The number of allylic oxidation sites excluding steroid dienone is 1. The van der Waals surface area contributed by atoms with Gasteiger partial charge in [-0.3, -0.25) is 0 Å². The molecule has 4 unspecified atom stereocenters. The Morgan fingerprint density at radius 1 is 1.43 bits per heavy atom. The molecule has 0 bridgehead atoms. The molecular weight excluding hydrogens is 180 g/mol. The van der Waals surface area contributed by atoms with Gasteiger partial charge in [-0.05, 0) is 24.8 Å². The monoisotopic (exact) mass is 192 g/mol. The second kappa shape index (κ2) is 2.70. The molecule has 3 heteroatoms. The Hall–Kier alpha value is -1.09. The summed E-state index contributed by atoms with van der Waals surface area (Å²) in [7, 11) is 0. The standard InChI is InChI=1S/C11H12O3/c12-8-4-5-9-10-6(8)2-1-3-7(10)11(13)14-9/h3-6,8-10,12H,1-2H2. The molecule has 1 N–H and O–H groups in total. The molecular formula is C11H12O3. The summed E-state index contributed by atoms with van der Waals surface area (Å²) in [6, 6.07) is 0. The van der Waals surface area contributed by atoms with Gasteiger partial charge in [-0.15, -0.1) is 0 Å². The smallest absolute Gasteiger partial charge is 0.334 e. The fourth-order valence-corrected chi connectivity index (χ4v) is 2.79. The largest absolute Gasteiger partial charge is 0.454 e. The van der Waals surface area contributed by atoms with Crippen molar-refractivity contribution in [2.75, 3.05) is 0 Å². The summed E-state index contributed by atoms with van der Waals surface area (Å²) >= 11 is 0. The van der Waals surface area contributed by atoms with Crippen LogP contribution in [-0.2, 0) is 9.53 Å². The minimum atomic E-state index is -0.408. The maximum Gasteiger partial charge on any atom is 0.334 e. The third-order valence-corrected chi connectivity index (χ3v) is 3.45. The summed E-state index contributed by atoms with van der Waals surface area (Å²) in [5.74, 6) is 0.0937. The molecule has 0 radical (unpaired) electrons. The highest BCUT2D eigenvalue weighted by Gasteiger charge is 2.48. The molecule has 0 amide bonds. The SMILES string of the molecule is O=C1OC2C=CC(O)C3CCC=C1C23. The highest BCUT2D eigenvalue weighted by atomic mass is 16.6. The van der Waals surface area contributed by atoms with Gasteiger partial charge in [0.25, 0.3) is 0 Å². The van der Waals surface area contributed by atoms with Gasteiger partial charge >= 0.3 is 5.97 Å². The van der Waals surface area contributed by atoms with Crippen LogP contribution in [0.5, 0.6) is 0 Å². The normalized spacial score (nSPS) is 44.4. The topological polar surface area (TPSA) is 46.5 Å². The van der Waals surface area contributed by atoms with E-state index in [4.69, 9.17) is 4.74 Å². The predicted octanol–water partition coefficient (Wildman–Crippen LogP) is 0.795. The van der Waals surface area contributed by atoms with Crippen molar-refractivity contribution in [3.8, 4) is 0 Å². The number of aliphatic hydroxyl groups excluding tert-OH is 1. The molecule has 4 atom stereocenters. The molecule has 0 aromatic heterocycles. The first-order valence-corrected chi connectivity index (χ1v) is 5.05. The van der Waals surface area contributed by atoms with Crippen LogP contribution in [0.25, 0.3) is 0 Å². The zero-order valence-electron chi connectivity index (χ0n) is 7.72. The Kier molecular flexibility index (Phi) is 1.59. The number of carbonyl (C=O) groups is 1. The fourth-order valence-electron chi connectivity index (χ4n) is 2.79. The highest BCUT2D eigenvalue weighted by Crippen LogP contribution is 2.44. The first-order chi connectivity index (χ1) is 6.77. The van der Waals surface area contributed by atoms with Crippen LogP contribution in [0.3, 0.4) is 0 Å². The molecule has 0 saturated carbocycles. The molecule has 0 aromatic rings. The minimum absolute atomic E-state index is 0.108. The summed E-state index contributed by atoms with van der Waals surface area (Å²) in [6.07, 6.45) is 6.84. The average molecular weight is 192 g/mol. The van der Waals surface area contributed by atoms with Gasteiger partial charge in [0.05, 0.1) is 6.10 Å². The van der Waals surface area contributed by atoms with Crippen molar-refractivity contribution in [2.24, 2.45) is 11.8 Å². The van der Waals surface area contributed by atoms with Gasteiger partial charge in [0.2, 0.25) is 0 Å². The van der Waals surface area contributed by atoms with E-state index < -0.39 is 6.10 Å². The van der Waals surface area contributed by atoms with Gasteiger partial charge in [0.1, 0.15) is 6.10 Å². The number of aliphatic hydroxyl groups is 1. The lowest BCUT2D eigenvalue weighted by Crippen LogP contribution is -2.37. The van der Waals surface area contributed by atoms with Crippen molar-refractivity contribution in [3.63, 3.8) is 0 Å². The molecule has 1 aliphatic heterocycles. The maximum absolute atomic E-state index is 11.5. The Balaban J connectivity index is 2.07. The molecule has 0 aromatic carbocycles. The molecule has 2 aliphatic carbocycles. The van der Waals surface area contributed by atoms with Gasteiger partial charge in [0.15, 0.2) is 0 Å². The molecule has 0 spiro atoms. The summed E-state index contributed by atoms with van der Waals surface area (Å²) in [4.78, 5) is 11.5. The van der Waals surface area contributed by atoms with Crippen LogP contribution in [-0.4, -0.2) is 23.3 Å². The van der Waals surface area contributed by atoms with E-state index in [0.29, 0.717) is 0 Å². The maximum atomic E-state index is 11.5. The number of esters is 1. The number of hydrogen-bond donors (Lipinski definition) is 1. The van der Waals surface area contributed by atoms with Crippen molar-refractivity contribution >= 4 is 5.97 Å². The molecule has 3 aliphatic rings. The molecule has 74 valence electrons. The molecule has 1 saturated heterocycles. The van der Waals surface area contributed by atoms with Gasteiger partial charge in [0, 0.05) is 11.5 Å². The van der Waals surface area contributed by atoms with Gasteiger partial charge in [-0.25, -0.2) is 4.79 Å². The van der Waals surface area contributed by atoms with E-state index in [1.165, 1.54) is 0 Å². The molecule has 1 heterocycles. The van der Waals surface area contributed by atoms with Crippen molar-refractivity contribution < 1.29 is 14.6 Å². The van der Waals surface area contributed by atoms with Crippen LogP contribution >= 0.6 is 0 Å². The van der Waals surface area contributed by atoms with Crippen LogP contribution in [0.15, 0.2) is 23.8 Å².